The molecule has 0 unspecified atom stereocenters. The number of aliphatic hydroxyl groups is 1. The molecule has 0 aliphatic carbocycles. The normalized spacial score (nSPS) is 23.1. The number of nitrogens with one attached hydrogen (secondary N) is 2. The lowest BCUT2D eigenvalue weighted by molar-refractivity contribution is 0.000152. The van der Waals surface area contributed by atoms with Gasteiger partial charge in [-0.15, -0.1) is 0 Å². The van der Waals surface area contributed by atoms with Crippen molar-refractivity contribution in [3.63, 3.8) is 0 Å². The molecule has 7 heteroatoms. The fourth-order valence-electron chi connectivity index (χ4n) is 5.67. The van der Waals surface area contributed by atoms with Gasteiger partial charge in [-0.3, -0.25) is 4.79 Å². The third-order valence-electron chi connectivity index (χ3n) is 7.00. The quantitative estimate of drug-likeness (QED) is 0.225. The van der Waals surface area contributed by atoms with Crippen molar-refractivity contribution in [2.75, 3.05) is 4.43 Å². The lowest BCUT2D eigenvalue weighted by Gasteiger charge is -2.17. The molecule has 160 valence electrons. The van der Waals surface area contributed by atoms with Gasteiger partial charge in [-0.1, -0.05) is 59.0 Å². The molecule has 3 N–H and O–H groups in total. The molecule has 1 amide bonds. The number of amides is 1. The minimum absolute atomic E-state index is 0.0300. The van der Waals surface area contributed by atoms with E-state index in [0.29, 0.717) is 13.0 Å². The number of alkyl halides is 1. The Morgan fingerprint density at radius 2 is 1.88 bits per heavy atom. The summed E-state index contributed by atoms with van der Waals surface area (Å²) < 4.78 is 9.27. The van der Waals surface area contributed by atoms with Crippen molar-refractivity contribution in [3.8, 4) is 0 Å². The van der Waals surface area contributed by atoms with Crippen LogP contribution in [0.25, 0.3) is 43.6 Å². The van der Waals surface area contributed by atoms with Crippen LogP contribution in [0.4, 0.5) is 0 Å². The number of nitrogens with zero attached hydrogens (tertiary/aromatic N) is 1. The van der Waals surface area contributed by atoms with Crippen molar-refractivity contribution in [1.82, 2.24) is 14.9 Å². The highest BCUT2D eigenvalue weighted by atomic mass is 127. The van der Waals surface area contributed by atoms with E-state index in [1.165, 1.54) is 0 Å². The molecular formula is C25H20IN3O3. The number of hydrogen-bond donors (Lipinski definition) is 3. The Labute approximate surface area is 196 Å². The molecule has 32 heavy (non-hydrogen) atoms. The number of aliphatic hydroxyl groups excluding tert-OH is 1. The highest BCUT2D eigenvalue weighted by Gasteiger charge is 2.38. The van der Waals surface area contributed by atoms with Gasteiger partial charge in [0.1, 0.15) is 6.23 Å². The average molecular weight is 537 g/mol. The van der Waals surface area contributed by atoms with Crippen LogP contribution in [0, 0.1) is 0 Å². The van der Waals surface area contributed by atoms with E-state index in [1.54, 1.807) is 0 Å². The van der Waals surface area contributed by atoms with E-state index >= 15 is 0 Å². The van der Waals surface area contributed by atoms with Crippen LogP contribution in [0.2, 0.25) is 0 Å². The molecule has 3 atom stereocenters. The third kappa shape index (κ3) is 2.33. The maximum absolute atomic E-state index is 13.1. The van der Waals surface area contributed by atoms with Gasteiger partial charge in [-0.2, -0.15) is 0 Å². The fraction of sp³-hybridized carbons (Fsp3) is 0.240. The first-order chi connectivity index (χ1) is 15.7. The van der Waals surface area contributed by atoms with Gasteiger partial charge >= 0.3 is 0 Å². The summed E-state index contributed by atoms with van der Waals surface area (Å²) in [6, 6.07) is 16.4. The van der Waals surface area contributed by atoms with Gasteiger partial charge in [0, 0.05) is 44.5 Å². The zero-order chi connectivity index (χ0) is 21.6. The van der Waals surface area contributed by atoms with Gasteiger partial charge in [-0.05, 0) is 17.7 Å². The van der Waals surface area contributed by atoms with E-state index in [9.17, 15) is 9.90 Å². The molecule has 0 saturated carbocycles. The molecule has 5 aromatic rings. The number of ether oxygens (including phenoxy) is 1. The highest BCUT2D eigenvalue weighted by molar-refractivity contribution is 14.1. The Hall–Kier alpha value is -2.62. The van der Waals surface area contributed by atoms with Gasteiger partial charge in [0.25, 0.3) is 5.91 Å². The number of H-pyrrole nitrogens is 1. The summed E-state index contributed by atoms with van der Waals surface area (Å²) in [5.41, 5.74) is 5.86. The molecule has 4 heterocycles. The van der Waals surface area contributed by atoms with Crippen molar-refractivity contribution < 1.29 is 14.6 Å². The predicted octanol–water partition coefficient (Wildman–Crippen LogP) is 4.76. The first-order valence-corrected chi connectivity index (χ1v) is 12.4. The zero-order valence-electron chi connectivity index (χ0n) is 17.1. The number of hydrogen-bond acceptors (Lipinski definition) is 3. The van der Waals surface area contributed by atoms with Gasteiger partial charge in [-0.25, -0.2) is 0 Å². The molecule has 1 saturated heterocycles. The number of carbonyl (C=O) groups excluding carboxylic acids is 1. The van der Waals surface area contributed by atoms with Crippen LogP contribution in [0.15, 0.2) is 48.5 Å². The molecule has 0 bridgehead atoms. The minimum Gasteiger partial charge on any atom is -0.390 e. The summed E-state index contributed by atoms with van der Waals surface area (Å²) in [7, 11) is 0. The molecule has 1 fully saturated rings. The monoisotopic (exact) mass is 537 g/mol. The largest absolute Gasteiger partial charge is 0.390 e. The van der Waals surface area contributed by atoms with Crippen LogP contribution < -0.4 is 5.32 Å². The molecule has 2 aliphatic rings. The second kappa shape index (κ2) is 6.69. The minimum atomic E-state index is -0.510. The van der Waals surface area contributed by atoms with Crippen molar-refractivity contribution in [1.29, 1.82) is 0 Å². The zero-order valence-corrected chi connectivity index (χ0v) is 19.2. The van der Waals surface area contributed by atoms with Crippen LogP contribution in [0.3, 0.4) is 0 Å². The highest BCUT2D eigenvalue weighted by Crippen LogP contribution is 2.46. The number of halogens is 1. The summed E-state index contributed by atoms with van der Waals surface area (Å²) in [5.74, 6) is -0.0300. The summed E-state index contributed by atoms with van der Waals surface area (Å²) in [5, 5.41) is 17.9. The van der Waals surface area contributed by atoms with Crippen LogP contribution in [-0.4, -0.2) is 37.2 Å². The smallest absolute Gasteiger partial charge is 0.252 e. The number of benzene rings is 3. The molecule has 2 aliphatic heterocycles. The molecule has 0 spiro atoms. The van der Waals surface area contributed by atoms with Gasteiger partial charge in [0.15, 0.2) is 0 Å². The number of fused-ring (bicyclic) bond motifs is 10. The molecule has 3 aromatic carbocycles. The van der Waals surface area contributed by atoms with Gasteiger partial charge < -0.3 is 24.7 Å². The van der Waals surface area contributed by atoms with Crippen molar-refractivity contribution >= 4 is 72.1 Å². The van der Waals surface area contributed by atoms with E-state index in [1.807, 2.05) is 24.3 Å². The number of aromatic nitrogens is 2. The first-order valence-electron chi connectivity index (χ1n) is 10.8. The van der Waals surface area contributed by atoms with E-state index in [-0.39, 0.29) is 18.2 Å². The van der Waals surface area contributed by atoms with Gasteiger partial charge in [0.05, 0.1) is 34.3 Å². The van der Waals surface area contributed by atoms with Gasteiger partial charge in [0.2, 0.25) is 0 Å². The summed E-state index contributed by atoms with van der Waals surface area (Å²) in [6.45, 7) is 0.525. The number of aromatic amines is 1. The number of para-hydroxylation sites is 2. The second-order valence-electron chi connectivity index (χ2n) is 8.65. The van der Waals surface area contributed by atoms with Crippen LogP contribution in [-0.2, 0) is 11.3 Å². The van der Waals surface area contributed by atoms with Crippen molar-refractivity contribution in [3.05, 3.63) is 59.7 Å². The molecule has 7 rings (SSSR count). The first kappa shape index (κ1) is 18.9. The Morgan fingerprint density at radius 1 is 1.09 bits per heavy atom. The van der Waals surface area contributed by atoms with E-state index in [2.05, 4.69) is 61.7 Å². The average Bonchev–Trinajstić information content (AvgIpc) is 3.55. The maximum atomic E-state index is 13.1. The molecular weight excluding hydrogens is 517 g/mol. The summed E-state index contributed by atoms with van der Waals surface area (Å²) in [6.07, 6.45) is -0.493. The molecule has 0 radical (unpaired) electrons. The number of carbonyl (C=O) groups is 1. The predicted molar refractivity (Wildman–Crippen MR) is 133 cm³/mol. The third-order valence-corrected chi connectivity index (χ3v) is 7.87. The summed E-state index contributed by atoms with van der Waals surface area (Å²) in [4.78, 5) is 16.8. The lowest BCUT2D eigenvalue weighted by atomic mass is 9.97. The SMILES string of the molecule is O=C1NCc2c1c1c3ccccc3n([C@H]3C[C@H](O)[C@@H](CI)O3)c1c1[nH]c3ccccc3c21. The summed E-state index contributed by atoms with van der Waals surface area (Å²) >= 11 is 2.27. The van der Waals surface area contributed by atoms with Crippen molar-refractivity contribution in [2.45, 2.75) is 31.4 Å². The molecule has 2 aromatic heterocycles. The Bertz CT molecular complexity index is 1580. The second-order valence-corrected chi connectivity index (χ2v) is 9.53. The maximum Gasteiger partial charge on any atom is 0.252 e. The number of rotatable bonds is 2. The Kier molecular flexibility index (Phi) is 3.95. The van der Waals surface area contributed by atoms with E-state index in [0.717, 1.165) is 59.2 Å². The Balaban J connectivity index is 1.71. The van der Waals surface area contributed by atoms with Crippen LogP contribution in [0.1, 0.15) is 28.6 Å². The lowest BCUT2D eigenvalue weighted by Crippen LogP contribution is -2.21. The molecule has 6 nitrogen and oxygen atoms in total. The van der Waals surface area contributed by atoms with Crippen molar-refractivity contribution in [2.24, 2.45) is 0 Å². The topological polar surface area (TPSA) is 79.3 Å². The van der Waals surface area contributed by atoms with Crippen LogP contribution >= 0.6 is 22.6 Å². The van der Waals surface area contributed by atoms with E-state index in [4.69, 9.17) is 4.74 Å². The van der Waals surface area contributed by atoms with Crippen LogP contribution in [0.5, 0.6) is 0 Å². The Morgan fingerprint density at radius 3 is 2.69 bits per heavy atom. The van der Waals surface area contributed by atoms with E-state index < -0.39 is 6.10 Å². The standard InChI is InChI=1S/C25H20IN3O3/c26-10-18-17(30)9-19(32-18)29-16-8-4-2-6-13(16)21-22-14(11-27-25(22)31)20-12-5-1-3-7-15(12)28-23(20)24(21)29/h1-8,17-19,28,30H,9-11H2,(H,27,31)/t17-,18+,19+/m0/s1. The fourth-order valence-corrected chi connectivity index (χ4v) is 6.46.